The first-order valence-electron chi connectivity index (χ1n) is 3.33. The van der Waals surface area contributed by atoms with Crippen molar-refractivity contribution in [3.8, 4) is 5.75 Å². The minimum Gasteiger partial charge on any atom is -0.507 e. The van der Waals surface area contributed by atoms with Crippen molar-refractivity contribution in [2.24, 2.45) is 5.73 Å². The Balaban J connectivity index is 3.24. The van der Waals surface area contributed by atoms with Gasteiger partial charge in [-0.25, -0.2) is 0 Å². The van der Waals surface area contributed by atoms with Crippen molar-refractivity contribution in [3.05, 3.63) is 26.8 Å². The maximum absolute atomic E-state index is 9.44. The van der Waals surface area contributed by atoms with Crippen LogP contribution in [0.15, 0.2) is 12.1 Å². The minimum absolute atomic E-state index is 0.327. The molecule has 0 aliphatic rings. The second-order valence-electron chi connectivity index (χ2n) is 2.43. The highest BCUT2D eigenvalue weighted by Crippen LogP contribution is 2.23. The van der Waals surface area contributed by atoms with Crippen LogP contribution in [0, 0.1) is 10.5 Å². The van der Waals surface area contributed by atoms with Gasteiger partial charge in [-0.05, 0) is 47.2 Å². The second kappa shape index (κ2) is 3.40. The lowest BCUT2D eigenvalue weighted by Gasteiger charge is -2.05. The lowest BCUT2D eigenvalue weighted by molar-refractivity contribution is 0.464. The highest BCUT2D eigenvalue weighted by molar-refractivity contribution is 14.1. The van der Waals surface area contributed by atoms with E-state index < -0.39 is 0 Å². The molecule has 0 aliphatic carbocycles. The number of phenolic OH excluding ortho intramolecular Hbond substituents is 1. The number of phenols is 1. The standard InChI is InChI=1S/C8H10INO/c1-5-2-7(9)3-6(4-10)8(5)11/h2-3,11H,4,10H2,1H3. The molecule has 0 aromatic heterocycles. The molecule has 0 radical (unpaired) electrons. The summed E-state index contributed by atoms with van der Waals surface area (Å²) in [6.45, 7) is 2.26. The van der Waals surface area contributed by atoms with E-state index in [0.29, 0.717) is 12.3 Å². The second-order valence-corrected chi connectivity index (χ2v) is 3.68. The minimum atomic E-state index is 0.327. The molecule has 0 aliphatic heterocycles. The lowest BCUT2D eigenvalue weighted by atomic mass is 10.1. The Bertz CT molecular complexity index is 273. The van der Waals surface area contributed by atoms with Crippen LogP contribution in [0.1, 0.15) is 11.1 Å². The molecule has 0 saturated heterocycles. The molecule has 0 atom stereocenters. The van der Waals surface area contributed by atoms with Crippen LogP contribution >= 0.6 is 22.6 Å². The summed E-state index contributed by atoms with van der Waals surface area (Å²) in [6, 6.07) is 3.82. The average Bonchev–Trinajstić information content (AvgIpc) is 1.96. The van der Waals surface area contributed by atoms with Crippen LogP contribution < -0.4 is 5.73 Å². The molecule has 0 unspecified atom stereocenters. The van der Waals surface area contributed by atoms with Crippen LogP contribution in [-0.4, -0.2) is 5.11 Å². The number of aromatic hydroxyl groups is 1. The Morgan fingerprint density at radius 3 is 2.73 bits per heavy atom. The molecule has 60 valence electrons. The molecule has 2 nitrogen and oxygen atoms in total. The van der Waals surface area contributed by atoms with Gasteiger partial charge in [0.05, 0.1) is 0 Å². The van der Waals surface area contributed by atoms with E-state index in [2.05, 4.69) is 22.6 Å². The topological polar surface area (TPSA) is 46.2 Å². The third-order valence-corrected chi connectivity index (χ3v) is 2.19. The third-order valence-electron chi connectivity index (χ3n) is 1.56. The molecule has 0 bridgehead atoms. The quantitative estimate of drug-likeness (QED) is 0.758. The molecule has 0 fully saturated rings. The predicted octanol–water partition coefficient (Wildman–Crippen LogP) is 1.76. The van der Waals surface area contributed by atoms with Crippen molar-refractivity contribution in [2.75, 3.05) is 0 Å². The van der Waals surface area contributed by atoms with Gasteiger partial charge in [0.2, 0.25) is 0 Å². The molecular formula is C8H10INO. The Morgan fingerprint density at radius 2 is 2.18 bits per heavy atom. The van der Waals surface area contributed by atoms with Gasteiger partial charge in [0, 0.05) is 15.7 Å². The zero-order valence-electron chi connectivity index (χ0n) is 6.26. The molecular weight excluding hydrogens is 253 g/mol. The molecule has 3 heteroatoms. The molecule has 0 spiro atoms. The van der Waals surface area contributed by atoms with Gasteiger partial charge in [0.1, 0.15) is 5.75 Å². The van der Waals surface area contributed by atoms with Crippen molar-refractivity contribution in [1.82, 2.24) is 0 Å². The first-order chi connectivity index (χ1) is 5.15. The third kappa shape index (κ3) is 1.84. The fraction of sp³-hybridized carbons (Fsp3) is 0.250. The monoisotopic (exact) mass is 263 g/mol. The Morgan fingerprint density at radius 1 is 1.55 bits per heavy atom. The summed E-state index contributed by atoms with van der Waals surface area (Å²) in [5, 5.41) is 9.44. The molecule has 0 amide bonds. The summed E-state index contributed by atoms with van der Waals surface area (Å²) in [4.78, 5) is 0. The van der Waals surface area contributed by atoms with Gasteiger partial charge in [0.15, 0.2) is 0 Å². The first-order valence-corrected chi connectivity index (χ1v) is 4.41. The van der Waals surface area contributed by atoms with Crippen LogP contribution in [0.25, 0.3) is 0 Å². The zero-order chi connectivity index (χ0) is 8.43. The summed E-state index contributed by atoms with van der Waals surface area (Å²) in [5.41, 5.74) is 7.13. The number of nitrogens with two attached hydrogens (primary N) is 1. The van der Waals surface area contributed by atoms with Gasteiger partial charge in [-0.3, -0.25) is 0 Å². The van der Waals surface area contributed by atoms with Gasteiger partial charge >= 0.3 is 0 Å². The van der Waals surface area contributed by atoms with E-state index in [0.717, 1.165) is 14.7 Å². The van der Waals surface area contributed by atoms with Crippen LogP contribution in [0.4, 0.5) is 0 Å². The SMILES string of the molecule is Cc1cc(I)cc(CN)c1O. The molecule has 1 aromatic carbocycles. The van der Waals surface area contributed by atoms with Crippen LogP contribution in [0.5, 0.6) is 5.75 Å². The van der Waals surface area contributed by atoms with E-state index in [-0.39, 0.29) is 0 Å². The molecule has 11 heavy (non-hydrogen) atoms. The van der Waals surface area contributed by atoms with Gasteiger partial charge in [-0.1, -0.05) is 0 Å². The summed E-state index contributed by atoms with van der Waals surface area (Å²) in [7, 11) is 0. The number of hydrogen-bond acceptors (Lipinski definition) is 2. The average molecular weight is 263 g/mol. The maximum atomic E-state index is 9.44. The number of aryl methyl sites for hydroxylation is 1. The number of rotatable bonds is 1. The van der Waals surface area contributed by atoms with Crippen LogP contribution in [0.2, 0.25) is 0 Å². The molecule has 0 saturated carbocycles. The fourth-order valence-electron chi connectivity index (χ4n) is 0.961. The van der Waals surface area contributed by atoms with Crippen LogP contribution in [-0.2, 0) is 6.54 Å². The highest BCUT2D eigenvalue weighted by Gasteiger charge is 2.03. The zero-order valence-corrected chi connectivity index (χ0v) is 8.42. The van der Waals surface area contributed by atoms with Gasteiger partial charge < -0.3 is 10.8 Å². The normalized spacial score (nSPS) is 10.1. The maximum Gasteiger partial charge on any atom is 0.123 e. The summed E-state index contributed by atoms with van der Waals surface area (Å²) < 4.78 is 1.11. The molecule has 1 rings (SSSR count). The van der Waals surface area contributed by atoms with E-state index >= 15 is 0 Å². The highest BCUT2D eigenvalue weighted by atomic mass is 127. The van der Waals surface area contributed by atoms with Gasteiger partial charge in [0.25, 0.3) is 0 Å². The smallest absolute Gasteiger partial charge is 0.123 e. The van der Waals surface area contributed by atoms with E-state index in [4.69, 9.17) is 5.73 Å². The lowest BCUT2D eigenvalue weighted by Crippen LogP contribution is -1.98. The first kappa shape index (κ1) is 8.80. The summed E-state index contributed by atoms with van der Waals surface area (Å²) >= 11 is 2.20. The van der Waals surface area contributed by atoms with Crippen LogP contribution in [0.3, 0.4) is 0 Å². The Kier molecular flexibility index (Phi) is 2.72. The van der Waals surface area contributed by atoms with Crippen molar-refractivity contribution in [1.29, 1.82) is 0 Å². The van der Waals surface area contributed by atoms with E-state index in [1.54, 1.807) is 0 Å². The van der Waals surface area contributed by atoms with Crippen molar-refractivity contribution in [2.45, 2.75) is 13.5 Å². The summed E-state index contributed by atoms with van der Waals surface area (Å²) in [6.07, 6.45) is 0. The Hall–Kier alpha value is -0.290. The van der Waals surface area contributed by atoms with Crippen molar-refractivity contribution < 1.29 is 5.11 Å². The van der Waals surface area contributed by atoms with Crippen molar-refractivity contribution in [3.63, 3.8) is 0 Å². The number of hydrogen-bond donors (Lipinski definition) is 2. The number of halogens is 1. The number of benzene rings is 1. The van der Waals surface area contributed by atoms with E-state index in [9.17, 15) is 5.11 Å². The largest absolute Gasteiger partial charge is 0.507 e. The van der Waals surface area contributed by atoms with Gasteiger partial charge in [-0.15, -0.1) is 0 Å². The fourth-order valence-corrected chi connectivity index (χ4v) is 1.80. The summed E-state index contributed by atoms with van der Waals surface area (Å²) in [5.74, 6) is 0.327. The van der Waals surface area contributed by atoms with E-state index in [1.165, 1.54) is 0 Å². The Labute approximate surface area is 79.6 Å². The van der Waals surface area contributed by atoms with E-state index in [1.807, 2.05) is 19.1 Å². The molecule has 3 N–H and O–H groups in total. The van der Waals surface area contributed by atoms with Gasteiger partial charge in [-0.2, -0.15) is 0 Å². The predicted molar refractivity (Wildman–Crippen MR) is 53.5 cm³/mol. The van der Waals surface area contributed by atoms with Crippen molar-refractivity contribution >= 4 is 22.6 Å². The molecule has 0 heterocycles. The molecule has 1 aromatic rings.